The molecule has 0 aliphatic carbocycles. The van der Waals surface area contributed by atoms with Crippen LogP contribution in [0.2, 0.25) is 0 Å². The molecule has 4 nitrogen and oxygen atoms in total. The van der Waals surface area contributed by atoms with Crippen LogP contribution in [-0.2, 0) is 10.1 Å². The Balaban J connectivity index is 0. The third-order valence-corrected chi connectivity index (χ3v) is 4.41. The van der Waals surface area contributed by atoms with Gasteiger partial charge in [-0.05, 0) is 19.4 Å². The van der Waals surface area contributed by atoms with Gasteiger partial charge in [-0.1, -0.05) is 70.6 Å². The molecule has 0 heterocycles. The zero-order valence-corrected chi connectivity index (χ0v) is 14.9. The Labute approximate surface area is 137 Å². The van der Waals surface area contributed by atoms with Crippen LogP contribution in [0.4, 0.5) is 0 Å². The minimum atomic E-state index is -3.75. The second kappa shape index (κ2) is 16.5. The molecule has 0 atom stereocenters. The van der Waals surface area contributed by atoms with Crippen LogP contribution in [0.15, 0.2) is 0 Å². The fraction of sp³-hybridized carbons (Fsp3) is 1.00. The van der Waals surface area contributed by atoms with Crippen LogP contribution in [0.1, 0.15) is 83.5 Å². The van der Waals surface area contributed by atoms with Crippen LogP contribution < -0.4 is 5.73 Å². The Hall–Kier alpha value is 0.160. The van der Waals surface area contributed by atoms with E-state index < -0.39 is 10.1 Å². The largest absolute Gasteiger partial charge is 0.330 e. The van der Waals surface area contributed by atoms with Crippen LogP contribution in [0, 0.1) is 0 Å². The molecule has 0 saturated heterocycles. The van der Waals surface area contributed by atoms with Crippen molar-refractivity contribution in [2.45, 2.75) is 83.5 Å². The average molecular weight is 344 g/mol. The monoisotopic (exact) mass is 343 g/mol. The lowest BCUT2D eigenvalue weighted by molar-refractivity contribution is 0.478. The van der Waals surface area contributed by atoms with E-state index in [1.807, 2.05) is 0 Å². The van der Waals surface area contributed by atoms with Crippen molar-refractivity contribution in [3.05, 3.63) is 0 Å². The fourth-order valence-electron chi connectivity index (χ4n) is 2.37. The predicted molar refractivity (Wildman–Crippen MR) is 92.7 cm³/mol. The molecule has 6 heteroatoms. The summed E-state index contributed by atoms with van der Waals surface area (Å²) in [5.74, 6) is -0.0862. The van der Waals surface area contributed by atoms with Crippen LogP contribution in [0.25, 0.3) is 0 Å². The topological polar surface area (TPSA) is 80.4 Å². The van der Waals surface area contributed by atoms with Gasteiger partial charge in [0.25, 0.3) is 10.1 Å². The van der Waals surface area contributed by atoms with E-state index in [1.54, 1.807) is 0 Å². The minimum Gasteiger partial charge on any atom is -0.330 e. The molecule has 0 fully saturated rings. The molecule has 3 N–H and O–H groups in total. The maximum Gasteiger partial charge on any atom is 0.264 e. The summed E-state index contributed by atoms with van der Waals surface area (Å²) in [5, 5.41) is 0. The van der Waals surface area contributed by atoms with Gasteiger partial charge < -0.3 is 5.73 Å². The molecule has 0 radical (unpaired) electrons. The molecular weight excluding hydrogens is 310 g/mol. The zero-order valence-electron chi connectivity index (χ0n) is 13.3. The number of rotatable bonds is 15. The third-order valence-electron chi connectivity index (χ3n) is 3.61. The van der Waals surface area contributed by atoms with Gasteiger partial charge in [-0.3, -0.25) is 4.55 Å². The molecule has 0 saturated carbocycles. The maximum absolute atomic E-state index is 10.5. The molecule has 0 spiro atoms. The van der Waals surface area contributed by atoms with Gasteiger partial charge in [0, 0.05) is 0 Å². The molecule has 0 aromatic rings. The SMILES string of the molecule is Cl.NCCCCCCCCCCCCCCCS(=O)(=O)O. The lowest BCUT2D eigenvalue weighted by Gasteiger charge is -2.03. The van der Waals surface area contributed by atoms with Crippen LogP contribution in [0.5, 0.6) is 0 Å². The fourth-order valence-corrected chi connectivity index (χ4v) is 2.94. The lowest BCUT2D eigenvalue weighted by atomic mass is 10.0. The highest BCUT2D eigenvalue weighted by Crippen LogP contribution is 2.12. The molecule has 0 aliphatic rings. The smallest absolute Gasteiger partial charge is 0.264 e. The Morgan fingerprint density at radius 2 is 0.905 bits per heavy atom. The number of hydrogen-bond acceptors (Lipinski definition) is 3. The van der Waals surface area contributed by atoms with Gasteiger partial charge in [0.15, 0.2) is 0 Å². The van der Waals surface area contributed by atoms with E-state index in [0.29, 0.717) is 6.42 Å². The Kier molecular flexibility index (Phi) is 18.4. The summed E-state index contributed by atoms with van der Waals surface area (Å²) >= 11 is 0. The van der Waals surface area contributed by atoms with Gasteiger partial charge in [-0.2, -0.15) is 8.42 Å². The zero-order chi connectivity index (χ0) is 15.1. The van der Waals surface area contributed by atoms with Crippen molar-refractivity contribution in [1.82, 2.24) is 0 Å². The van der Waals surface area contributed by atoms with Crippen LogP contribution in [-0.4, -0.2) is 25.3 Å². The molecule has 0 bridgehead atoms. The summed E-state index contributed by atoms with van der Waals surface area (Å²) in [6, 6.07) is 0. The first-order valence-electron chi connectivity index (χ1n) is 8.21. The van der Waals surface area contributed by atoms with Crippen molar-refractivity contribution in [3.63, 3.8) is 0 Å². The summed E-state index contributed by atoms with van der Waals surface area (Å²) in [4.78, 5) is 0. The van der Waals surface area contributed by atoms with E-state index in [1.165, 1.54) is 57.8 Å². The normalized spacial score (nSPS) is 11.3. The first kappa shape index (κ1) is 23.4. The van der Waals surface area contributed by atoms with E-state index in [4.69, 9.17) is 10.3 Å². The van der Waals surface area contributed by atoms with Crippen molar-refractivity contribution >= 4 is 22.5 Å². The maximum atomic E-state index is 10.5. The standard InChI is InChI=1S/C15H33NO3S.ClH/c16-14-12-10-8-6-4-2-1-3-5-7-9-11-13-15-20(17,18)19;/h1-16H2,(H,17,18,19);1H. The second-order valence-electron chi connectivity index (χ2n) is 5.67. The Morgan fingerprint density at radius 3 is 1.19 bits per heavy atom. The average Bonchev–Trinajstić information content (AvgIpc) is 2.38. The van der Waals surface area contributed by atoms with E-state index in [9.17, 15) is 8.42 Å². The van der Waals surface area contributed by atoms with Gasteiger partial charge in [0.1, 0.15) is 0 Å². The summed E-state index contributed by atoms with van der Waals surface area (Å²) in [7, 11) is -3.75. The van der Waals surface area contributed by atoms with E-state index in [-0.39, 0.29) is 18.2 Å². The molecule has 0 amide bonds. The summed E-state index contributed by atoms with van der Waals surface area (Å²) in [5.41, 5.74) is 5.45. The number of hydrogen-bond donors (Lipinski definition) is 2. The van der Waals surface area contributed by atoms with Gasteiger partial charge in [0.2, 0.25) is 0 Å². The Bertz CT molecular complexity index is 297. The van der Waals surface area contributed by atoms with E-state index in [2.05, 4.69) is 0 Å². The number of nitrogens with two attached hydrogens (primary N) is 1. The molecule has 0 aliphatic heterocycles. The summed E-state index contributed by atoms with van der Waals surface area (Å²) in [6.07, 6.45) is 15.4. The second-order valence-corrected chi connectivity index (χ2v) is 7.24. The molecule has 21 heavy (non-hydrogen) atoms. The van der Waals surface area contributed by atoms with Crippen LogP contribution >= 0.6 is 12.4 Å². The highest BCUT2D eigenvalue weighted by atomic mass is 35.5. The van der Waals surface area contributed by atoms with Crippen molar-refractivity contribution in [3.8, 4) is 0 Å². The highest BCUT2D eigenvalue weighted by molar-refractivity contribution is 7.85. The van der Waals surface area contributed by atoms with E-state index >= 15 is 0 Å². The van der Waals surface area contributed by atoms with Gasteiger partial charge in [-0.15, -0.1) is 12.4 Å². The third kappa shape index (κ3) is 22.6. The van der Waals surface area contributed by atoms with Gasteiger partial charge in [-0.25, -0.2) is 0 Å². The van der Waals surface area contributed by atoms with Crippen molar-refractivity contribution in [2.75, 3.05) is 12.3 Å². The first-order chi connectivity index (χ1) is 9.56. The molecule has 0 unspecified atom stereocenters. The first-order valence-corrected chi connectivity index (χ1v) is 9.82. The minimum absolute atomic E-state index is 0. The van der Waals surface area contributed by atoms with Crippen molar-refractivity contribution in [1.29, 1.82) is 0 Å². The van der Waals surface area contributed by atoms with Gasteiger partial charge >= 0.3 is 0 Å². The summed E-state index contributed by atoms with van der Waals surface area (Å²) in [6.45, 7) is 0.824. The Morgan fingerprint density at radius 1 is 0.619 bits per heavy atom. The molecule has 130 valence electrons. The van der Waals surface area contributed by atoms with E-state index in [0.717, 1.165) is 25.8 Å². The quantitative estimate of drug-likeness (QED) is 0.342. The van der Waals surface area contributed by atoms with Crippen molar-refractivity contribution in [2.24, 2.45) is 5.73 Å². The molecular formula is C15H34ClNO3S. The molecule has 0 aromatic carbocycles. The molecule has 0 rings (SSSR count). The van der Waals surface area contributed by atoms with Gasteiger partial charge in [0.05, 0.1) is 5.75 Å². The highest BCUT2D eigenvalue weighted by Gasteiger charge is 2.02. The summed E-state index contributed by atoms with van der Waals surface area (Å²) < 4.78 is 29.6. The van der Waals surface area contributed by atoms with Crippen molar-refractivity contribution < 1.29 is 13.0 Å². The number of unbranched alkanes of at least 4 members (excludes halogenated alkanes) is 12. The lowest BCUT2D eigenvalue weighted by Crippen LogP contribution is -2.03. The molecule has 0 aromatic heterocycles. The van der Waals surface area contributed by atoms with Crippen LogP contribution in [0.3, 0.4) is 0 Å². The number of halogens is 1. The predicted octanol–water partition coefficient (Wildman–Crippen LogP) is 4.33.